The molecule has 0 unspecified atom stereocenters. The van der Waals surface area contributed by atoms with Gasteiger partial charge in [0.1, 0.15) is 0 Å². The Hall–Kier alpha value is -1.72. The van der Waals surface area contributed by atoms with E-state index in [1.165, 1.54) is 6.92 Å². The van der Waals surface area contributed by atoms with Crippen molar-refractivity contribution >= 4 is 11.7 Å². The van der Waals surface area contributed by atoms with E-state index < -0.39 is 0 Å². The van der Waals surface area contributed by atoms with Gasteiger partial charge in [0.15, 0.2) is 5.78 Å². The minimum atomic E-state index is -0.0469. The van der Waals surface area contributed by atoms with Crippen LogP contribution in [0.25, 0.3) is 0 Å². The highest BCUT2D eigenvalue weighted by molar-refractivity contribution is 6.07. The molecule has 2 fully saturated rings. The van der Waals surface area contributed by atoms with E-state index in [2.05, 4.69) is 16.8 Å². The van der Waals surface area contributed by atoms with Gasteiger partial charge in [-0.3, -0.25) is 14.5 Å². The summed E-state index contributed by atoms with van der Waals surface area (Å²) in [7, 11) is 2.17. The van der Waals surface area contributed by atoms with E-state index in [1.807, 2.05) is 17.0 Å². The summed E-state index contributed by atoms with van der Waals surface area (Å²) in [4.78, 5) is 31.9. The molecule has 5 heteroatoms. The Morgan fingerprint density at radius 3 is 2.32 bits per heavy atom. The van der Waals surface area contributed by atoms with Crippen molar-refractivity contribution in [1.82, 2.24) is 14.7 Å². The lowest BCUT2D eigenvalue weighted by Gasteiger charge is -2.39. The number of ketones is 1. The van der Waals surface area contributed by atoms with Crippen molar-refractivity contribution in [3.05, 3.63) is 35.4 Å². The topological polar surface area (TPSA) is 43.9 Å². The summed E-state index contributed by atoms with van der Waals surface area (Å²) in [6.45, 7) is 7.43. The number of amides is 1. The smallest absolute Gasteiger partial charge is 0.254 e. The van der Waals surface area contributed by atoms with Crippen LogP contribution < -0.4 is 0 Å². The lowest BCUT2D eigenvalue weighted by atomic mass is 10.0. The second kappa shape index (κ2) is 8.11. The molecule has 0 saturated carbocycles. The summed E-state index contributed by atoms with van der Waals surface area (Å²) >= 11 is 0. The van der Waals surface area contributed by atoms with Crippen LogP contribution >= 0.6 is 0 Å². The number of likely N-dealkylation sites (tertiary alicyclic amines) is 1. The first-order valence-electron chi connectivity index (χ1n) is 9.38. The zero-order valence-corrected chi connectivity index (χ0v) is 15.4. The summed E-state index contributed by atoms with van der Waals surface area (Å²) < 4.78 is 0. The molecule has 2 aliphatic rings. The lowest BCUT2D eigenvalue weighted by Crippen LogP contribution is -2.52. The van der Waals surface area contributed by atoms with Gasteiger partial charge in [-0.2, -0.15) is 0 Å². The predicted molar refractivity (Wildman–Crippen MR) is 99.1 cm³/mol. The molecule has 2 aliphatic heterocycles. The van der Waals surface area contributed by atoms with Crippen molar-refractivity contribution < 1.29 is 9.59 Å². The fraction of sp³-hybridized carbons (Fsp3) is 0.600. The van der Waals surface area contributed by atoms with Crippen molar-refractivity contribution in [2.45, 2.75) is 32.2 Å². The molecule has 0 radical (unpaired) electrons. The number of hydrogen-bond acceptors (Lipinski definition) is 4. The van der Waals surface area contributed by atoms with Crippen LogP contribution in [0.15, 0.2) is 24.3 Å². The SMILES string of the molecule is CC(=O)c1ccccc1C(=O)N1CCCC[C@@H](N2CCN(C)CC2)C1. The number of Topliss-reactive ketones (excluding diaryl/α,β-unsaturated/α-hetero) is 1. The number of carbonyl (C=O) groups excluding carboxylic acids is 2. The van der Waals surface area contributed by atoms with Crippen LogP contribution in [0.2, 0.25) is 0 Å². The summed E-state index contributed by atoms with van der Waals surface area (Å²) in [5.74, 6) is -0.0405. The minimum Gasteiger partial charge on any atom is -0.337 e. The summed E-state index contributed by atoms with van der Waals surface area (Å²) in [6, 6.07) is 7.64. The van der Waals surface area contributed by atoms with E-state index in [-0.39, 0.29) is 11.7 Å². The van der Waals surface area contributed by atoms with Crippen LogP contribution in [-0.4, -0.2) is 78.7 Å². The van der Waals surface area contributed by atoms with Crippen LogP contribution in [0.1, 0.15) is 46.9 Å². The minimum absolute atomic E-state index is 0.00632. The average molecular weight is 343 g/mol. The molecule has 1 amide bonds. The maximum absolute atomic E-state index is 13.1. The van der Waals surface area contributed by atoms with Crippen molar-refractivity contribution in [3.63, 3.8) is 0 Å². The quantitative estimate of drug-likeness (QED) is 0.789. The van der Waals surface area contributed by atoms with Crippen molar-refractivity contribution in [2.24, 2.45) is 0 Å². The fourth-order valence-corrected chi connectivity index (χ4v) is 3.94. The molecular formula is C20H29N3O2. The van der Waals surface area contributed by atoms with Crippen LogP contribution in [0.4, 0.5) is 0 Å². The first-order valence-corrected chi connectivity index (χ1v) is 9.38. The Bertz CT molecular complexity index is 623. The van der Waals surface area contributed by atoms with Gasteiger partial charge in [-0.05, 0) is 32.9 Å². The lowest BCUT2D eigenvalue weighted by molar-refractivity contribution is 0.0628. The van der Waals surface area contributed by atoms with Gasteiger partial charge in [0.05, 0.1) is 5.56 Å². The molecule has 2 heterocycles. The van der Waals surface area contributed by atoms with E-state index in [0.29, 0.717) is 17.2 Å². The Morgan fingerprint density at radius 1 is 0.960 bits per heavy atom. The molecule has 1 atom stereocenters. The van der Waals surface area contributed by atoms with Gasteiger partial charge >= 0.3 is 0 Å². The third kappa shape index (κ3) is 4.28. The monoisotopic (exact) mass is 343 g/mol. The van der Waals surface area contributed by atoms with E-state index in [0.717, 1.165) is 58.5 Å². The van der Waals surface area contributed by atoms with Gasteiger partial charge in [0, 0.05) is 50.9 Å². The van der Waals surface area contributed by atoms with Gasteiger partial charge < -0.3 is 9.80 Å². The van der Waals surface area contributed by atoms with Crippen LogP contribution in [-0.2, 0) is 0 Å². The number of benzene rings is 1. The van der Waals surface area contributed by atoms with E-state index in [4.69, 9.17) is 0 Å². The van der Waals surface area contributed by atoms with E-state index in [1.54, 1.807) is 12.1 Å². The Morgan fingerprint density at radius 2 is 1.64 bits per heavy atom. The Balaban J connectivity index is 1.75. The van der Waals surface area contributed by atoms with Crippen LogP contribution in [0.5, 0.6) is 0 Å². The number of nitrogens with zero attached hydrogens (tertiary/aromatic N) is 3. The maximum atomic E-state index is 13.1. The molecular weight excluding hydrogens is 314 g/mol. The van der Waals surface area contributed by atoms with Crippen molar-refractivity contribution in [3.8, 4) is 0 Å². The molecule has 136 valence electrons. The van der Waals surface area contributed by atoms with E-state index >= 15 is 0 Å². The number of carbonyl (C=O) groups is 2. The molecule has 0 aromatic heterocycles. The highest BCUT2D eigenvalue weighted by atomic mass is 16.2. The fourth-order valence-electron chi connectivity index (χ4n) is 3.94. The van der Waals surface area contributed by atoms with Gasteiger partial charge in [-0.25, -0.2) is 0 Å². The second-order valence-corrected chi connectivity index (χ2v) is 7.34. The Kier molecular flexibility index (Phi) is 5.86. The number of rotatable bonds is 3. The zero-order chi connectivity index (χ0) is 17.8. The molecule has 0 N–H and O–H groups in total. The molecule has 0 bridgehead atoms. The largest absolute Gasteiger partial charge is 0.337 e. The number of piperazine rings is 1. The number of hydrogen-bond donors (Lipinski definition) is 0. The third-order valence-electron chi connectivity index (χ3n) is 5.52. The third-order valence-corrected chi connectivity index (χ3v) is 5.52. The second-order valence-electron chi connectivity index (χ2n) is 7.34. The first kappa shape index (κ1) is 18.1. The molecule has 25 heavy (non-hydrogen) atoms. The van der Waals surface area contributed by atoms with Gasteiger partial charge in [-0.1, -0.05) is 24.6 Å². The molecule has 0 spiro atoms. The molecule has 1 aromatic rings. The van der Waals surface area contributed by atoms with Crippen LogP contribution in [0.3, 0.4) is 0 Å². The molecule has 2 saturated heterocycles. The van der Waals surface area contributed by atoms with Crippen LogP contribution in [0, 0.1) is 0 Å². The standard InChI is InChI=1S/C20H29N3O2/c1-16(24)18-8-3-4-9-19(18)20(25)23-10-6-5-7-17(15-23)22-13-11-21(2)12-14-22/h3-4,8-9,17H,5-7,10-15H2,1-2H3/t17-/m1/s1. The maximum Gasteiger partial charge on any atom is 0.254 e. The molecule has 1 aromatic carbocycles. The molecule has 5 nitrogen and oxygen atoms in total. The summed E-state index contributed by atoms with van der Waals surface area (Å²) in [5.41, 5.74) is 1.09. The van der Waals surface area contributed by atoms with Gasteiger partial charge in [0.25, 0.3) is 5.91 Å². The highest BCUT2D eigenvalue weighted by Crippen LogP contribution is 2.20. The predicted octanol–water partition coefficient (Wildman–Crippen LogP) is 2.13. The molecule has 0 aliphatic carbocycles. The summed E-state index contributed by atoms with van der Waals surface area (Å²) in [6.07, 6.45) is 3.36. The van der Waals surface area contributed by atoms with E-state index in [9.17, 15) is 9.59 Å². The van der Waals surface area contributed by atoms with Gasteiger partial charge in [0.2, 0.25) is 0 Å². The highest BCUT2D eigenvalue weighted by Gasteiger charge is 2.29. The average Bonchev–Trinajstić information content (AvgIpc) is 2.88. The normalized spacial score (nSPS) is 23.3. The first-order chi connectivity index (χ1) is 12.1. The molecule has 3 rings (SSSR count). The van der Waals surface area contributed by atoms with Crippen molar-refractivity contribution in [1.29, 1.82) is 0 Å². The summed E-state index contributed by atoms with van der Waals surface area (Å²) in [5, 5.41) is 0. The van der Waals surface area contributed by atoms with Gasteiger partial charge in [-0.15, -0.1) is 0 Å². The van der Waals surface area contributed by atoms with Crippen molar-refractivity contribution in [2.75, 3.05) is 46.3 Å². The zero-order valence-electron chi connectivity index (χ0n) is 15.4. The Labute approximate surface area is 150 Å². The number of likely N-dealkylation sites (N-methyl/N-ethyl adjacent to an activating group) is 1.